The Kier molecular flexibility index (Phi) is 27.2. The lowest BCUT2D eigenvalue weighted by Gasteiger charge is -2.08. The highest BCUT2D eigenvalue weighted by molar-refractivity contribution is 8.00. The van der Waals surface area contributed by atoms with Crippen LogP contribution >= 0.6 is 58.6 Å². The number of aryl methyl sites for hydroxylation is 5. The molecule has 0 heterocycles. The molecule has 12 rings (SSSR count). The maximum Gasteiger partial charge on any atom is 0.283 e. The van der Waals surface area contributed by atoms with Crippen molar-refractivity contribution in [2.45, 2.75) is 81.2 Å². The van der Waals surface area contributed by atoms with Gasteiger partial charge in [0.15, 0.2) is 23.1 Å². The summed E-state index contributed by atoms with van der Waals surface area (Å²) < 4.78 is 0. The first kappa shape index (κ1) is 75.8. The van der Waals surface area contributed by atoms with E-state index in [9.17, 15) is 49.5 Å². The molecule has 0 aliphatic heterocycles. The third-order valence-electron chi connectivity index (χ3n) is 15.3. The van der Waals surface area contributed by atoms with Crippen LogP contribution in [0.3, 0.4) is 0 Å². The number of nitro groups is 3. The zero-order chi connectivity index (χ0) is 71.4. The van der Waals surface area contributed by atoms with Crippen LogP contribution in [-0.2, 0) is 0 Å². The summed E-state index contributed by atoms with van der Waals surface area (Å²) in [5.41, 5.74) is 15.0. The van der Waals surface area contributed by atoms with Crippen molar-refractivity contribution in [1.82, 2.24) is 0 Å². The lowest BCUT2D eigenvalue weighted by atomic mass is 9.99. The number of carbonyl (C=O) groups is 4. The first-order valence-corrected chi connectivity index (χ1v) is 34.6. The minimum Gasteiger partial charge on any atom is -0.398 e. The number of hydrogen-bond acceptors (Lipinski definition) is 15. The van der Waals surface area contributed by atoms with Crippen LogP contribution in [0.1, 0.15) is 98.9 Å². The molecule has 0 amide bonds. The Hall–Kier alpha value is -11.0. The number of anilines is 1. The van der Waals surface area contributed by atoms with Gasteiger partial charge >= 0.3 is 0 Å². The van der Waals surface area contributed by atoms with Gasteiger partial charge in [0.1, 0.15) is 0 Å². The Balaban J connectivity index is 0.000000171. The SMILES string of the molecule is C.Cc1ccc(Sc2ccc(C(=O)c3ccccc3C)cc2)cc1.Cc1ccccc1C(=O)c1ccc(Sc2ccc(Cl)cc2)c([N+](=O)[O-])c1.Cc1ccccc1C(=O)c1ccc(Sc2ccccc2)c([N+](=O)[O-])c1.Cc1ccccc1C(=O)c1ccc(Sc2ccccc2N)c([N+](=O)[O-])c1. The smallest absolute Gasteiger partial charge is 0.283 e. The van der Waals surface area contributed by atoms with E-state index in [0.717, 1.165) is 53.0 Å². The quantitative estimate of drug-likeness (QED) is 0.0344. The maximum absolute atomic E-state index is 12.7. The Morgan fingerprint density at radius 1 is 0.317 bits per heavy atom. The predicted molar refractivity (Wildman–Crippen MR) is 407 cm³/mol. The highest BCUT2D eigenvalue weighted by atomic mass is 35.5. The molecule has 12 aromatic rings. The number of nitrogen functional groups attached to an aromatic ring is 1. The number of carbonyl (C=O) groups excluding carboxylic acids is 4. The van der Waals surface area contributed by atoms with E-state index in [1.807, 2.05) is 149 Å². The summed E-state index contributed by atoms with van der Waals surface area (Å²) in [6.45, 7) is 9.58. The van der Waals surface area contributed by atoms with Gasteiger partial charge in [-0.05, 0) is 178 Å². The average molecular weight is 1430 g/mol. The number of halogens is 1. The van der Waals surface area contributed by atoms with Crippen molar-refractivity contribution in [3.05, 3.63) is 387 Å². The molecular weight excluding hydrogens is 1360 g/mol. The van der Waals surface area contributed by atoms with Crippen LogP contribution in [-0.4, -0.2) is 37.9 Å². The molecule has 2 N–H and O–H groups in total. The van der Waals surface area contributed by atoms with Crippen molar-refractivity contribution in [2.75, 3.05) is 5.73 Å². The van der Waals surface area contributed by atoms with Crippen LogP contribution in [0.4, 0.5) is 22.7 Å². The molecule has 0 aliphatic rings. The van der Waals surface area contributed by atoms with Crippen molar-refractivity contribution in [1.29, 1.82) is 0 Å². The van der Waals surface area contributed by atoms with E-state index >= 15 is 0 Å². The van der Waals surface area contributed by atoms with Crippen molar-refractivity contribution in [3.63, 3.8) is 0 Å². The lowest BCUT2D eigenvalue weighted by Crippen LogP contribution is -2.04. The number of para-hydroxylation sites is 1. The summed E-state index contributed by atoms with van der Waals surface area (Å²) in [6.07, 6.45) is 0. The second-order valence-corrected chi connectivity index (χ2v) is 27.3. The molecule has 12 aromatic carbocycles. The molecule has 0 bridgehead atoms. The van der Waals surface area contributed by atoms with Crippen LogP contribution in [0.25, 0.3) is 0 Å². The largest absolute Gasteiger partial charge is 0.398 e. The van der Waals surface area contributed by atoms with E-state index in [0.29, 0.717) is 53.2 Å². The summed E-state index contributed by atoms with van der Waals surface area (Å²) in [7, 11) is 0. The topological polar surface area (TPSA) is 224 Å². The van der Waals surface area contributed by atoms with E-state index < -0.39 is 14.8 Å². The molecule has 506 valence electrons. The third kappa shape index (κ3) is 20.6. The monoisotopic (exact) mass is 1430 g/mol. The minimum absolute atomic E-state index is 0. The van der Waals surface area contributed by atoms with Crippen molar-refractivity contribution in [2.24, 2.45) is 0 Å². The molecule has 14 nitrogen and oxygen atoms in total. The number of ketones is 4. The molecule has 101 heavy (non-hydrogen) atoms. The van der Waals surface area contributed by atoms with Gasteiger partial charge in [-0.2, -0.15) is 0 Å². The molecule has 0 aromatic heterocycles. The molecule has 0 spiro atoms. The average Bonchev–Trinajstić information content (AvgIpc) is 0.876. The van der Waals surface area contributed by atoms with Gasteiger partial charge in [-0.25, -0.2) is 0 Å². The van der Waals surface area contributed by atoms with Crippen molar-refractivity contribution >= 4 is 105 Å². The summed E-state index contributed by atoms with van der Waals surface area (Å²) in [5, 5.41) is 35.1. The van der Waals surface area contributed by atoms with E-state index in [1.165, 1.54) is 63.9 Å². The Bertz CT molecular complexity index is 5000. The second-order valence-electron chi connectivity index (χ2n) is 22.4. The molecule has 0 radical (unpaired) electrons. The standard InChI is InChI=1S/C21H18OS.C20H14ClNO3S.C20H16N2O3S.C20H15NO3S.CH4/c1-15-7-11-18(12-8-15)23-19-13-9-17(10-14-19)21(22)20-6-4-3-5-16(20)2;1-13-4-2-3-5-17(13)20(23)14-6-11-19(18(12-14)22(24)25)26-16-9-7-15(21)8-10-16;1-13-6-2-3-7-15(13)20(23)14-10-11-19(17(12-14)22(24)25)26-18-9-5-4-8-16(18)21;1-14-7-5-6-10-17(14)20(22)15-11-12-19(18(13-15)21(23)24)25-16-8-3-2-4-9-16;/h3-14H,1-2H3;2-12H,1H3;2-12H,21H2,1H3;2-13H,1H3;1H4. The van der Waals surface area contributed by atoms with Gasteiger partial charge in [0.25, 0.3) is 17.1 Å². The Labute approximate surface area is 607 Å². The zero-order valence-electron chi connectivity index (χ0n) is 54.6. The maximum atomic E-state index is 12.7. The normalized spacial score (nSPS) is 10.4. The lowest BCUT2D eigenvalue weighted by molar-refractivity contribution is -0.387. The number of nitrogens with zero attached hydrogens (tertiary/aromatic N) is 3. The van der Waals surface area contributed by atoms with Crippen LogP contribution in [0, 0.1) is 65.0 Å². The van der Waals surface area contributed by atoms with Crippen LogP contribution in [0.2, 0.25) is 5.02 Å². The fourth-order valence-electron chi connectivity index (χ4n) is 9.95. The van der Waals surface area contributed by atoms with Gasteiger partial charge in [0, 0.05) is 97.9 Å². The number of rotatable bonds is 19. The van der Waals surface area contributed by atoms with Gasteiger partial charge < -0.3 is 5.73 Å². The summed E-state index contributed by atoms with van der Waals surface area (Å²) in [6, 6.07) is 83.0. The number of hydrogen-bond donors (Lipinski definition) is 1. The molecule has 0 unspecified atom stereocenters. The van der Waals surface area contributed by atoms with Gasteiger partial charge in [-0.3, -0.25) is 49.5 Å². The van der Waals surface area contributed by atoms with E-state index in [4.69, 9.17) is 17.3 Å². The molecular formula is C82H67ClN4O10S4. The van der Waals surface area contributed by atoms with Crippen LogP contribution in [0.5, 0.6) is 0 Å². The van der Waals surface area contributed by atoms with Gasteiger partial charge in [0.2, 0.25) is 0 Å². The van der Waals surface area contributed by atoms with Crippen molar-refractivity contribution in [3.8, 4) is 0 Å². The van der Waals surface area contributed by atoms with E-state index in [-0.39, 0.29) is 53.2 Å². The second kappa shape index (κ2) is 36.2. The Morgan fingerprint density at radius 2 is 0.604 bits per heavy atom. The predicted octanol–water partition coefficient (Wildman–Crippen LogP) is 22.4. The fraction of sp³-hybridized carbons (Fsp3) is 0.0732. The minimum atomic E-state index is -0.476. The first-order chi connectivity index (χ1) is 48.1. The molecule has 19 heteroatoms. The molecule has 0 atom stereocenters. The summed E-state index contributed by atoms with van der Waals surface area (Å²) >= 11 is 11.4. The van der Waals surface area contributed by atoms with Gasteiger partial charge in [-0.15, -0.1) is 0 Å². The van der Waals surface area contributed by atoms with E-state index in [1.54, 1.807) is 127 Å². The Morgan fingerprint density at radius 3 is 0.970 bits per heavy atom. The first-order valence-electron chi connectivity index (χ1n) is 30.9. The van der Waals surface area contributed by atoms with Gasteiger partial charge in [0.05, 0.1) is 29.5 Å². The number of nitro benzene ring substituents is 3. The third-order valence-corrected chi connectivity index (χ3v) is 19.9. The van der Waals surface area contributed by atoms with Gasteiger partial charge in [-0.1, -0.05) is 211 Å². The highest BCUT2D eigenvalue weighted by Crippen LogP contribution is 2.40. The number of nitrogens with two attached hydrogens (primary N) is 1. The molecule has 0 saturated carbocycles. The number of benzene rings is 12. The van der Waals surface area contributed by atoms with Crippen LogP contribution in [0.15, 0.2) is 318 Å². The zero-order valence-corrected chi connectivity index (χ0v) is 58.6. The summed E-state index contributed by atoms with van der Waals surface area (Å²) in [4.78, 5) is 90.0. The fourth-order valence-corrected chi connectivity index (χ4v) is 13.7. The van der Waals surface area contributed by atoms with E-state index in [2.05, 4.69) is 31.2 Å². The molecule has 0 fully saturated rings. The van der Waals surface area contributed by atoms with Crippen LogP contribution < -0.4 is 5.73 Å². The molecule has 0 saturated heterocycles. The highest BCUT2D eigenvalue weighted by Gasteiger charge is 2.24. The summed E-state index contributed by atoms with van der Waals surface area (Å²) in [5.74, 6) is -0.594. The van der Waals surface area contributed by atoms with Crippen molar-refractivity contribution < 1.29 is 33.9 Å². The molecule has 0 aliphatic carbocycles.